The summed E-state index contributed by atoms with van der Waals surface area (Å²) < 4.78 is 0. The van der Waals surface area contributed by atoms with Crippen LogP contribution in [0.4, 0.5) is 5.82 Å². The van der Waals surface area contributed by atoms with Crippen LogP contribution < -0.4 is 5.32 Å². The lowest BCUT2D eigenvalue weighted by atomic mass is 10.2. The standard InChI is InChI=1S/C12H16N4/c1-8-5-4-6-13-12(8)14-7-11-9(2)15-16-10(11)3/h4-6H,7H2,1-3H3,(H,13,14)(H,15,16). The first kappa shape index (κ1) is 10.7. The van der Waals surface area contributed by atoms with Gasteiger partial charge >= 0.3 is 0 Å². The van der Waals surface area contributed by atoms with Gasteiger partial charge in [-0.15, -0.1) is 0 Å². The van der Waals surface area contributed by atoms with Crippen LogP contribution in [-0.4, -0.2) is 15.2 Å². The van der Waals surface area contributed by atoms with E-state index in [4.69, 9.17) is 0 Å². The van der Waals surface area contributed by atoms with Crippen LogP contribution in [0.3, 0.4) is 0 Å². The highest BCUT2D eigenvalue weighted by atomic mass is 15.1. The number of hydrogen-bond acceptors (Lipinski definition) is 3. The summed E-state index contributed by atoms with van der Waals surface area (Å²) in [5.74, 6) is 0.933. The van der Waals surface area contributed by atoms with Gasteiger partial charge in [-0.25, -0.2) is 4.98 Å². The quantitative estimate of drug-likeness (QED) is 0.828. The third kappa shape index (κ3) is 2.05. The monoisotopic (exact) mass is 216 g/mol. The number of rotatable bonds is 3. The van der Waals surface area contributed by atoms with Gasteiger partial charge in [0.05, 0.1) is 5.69 Å². The normalized spacial score (nSPS) is 10.4. The smallest absolute Gasteiger partial charge is 0.129 e. The summed E-state index contributed by atoms with van der Waals surface area (Å²) in [4.78, 5) is 4.30. The van der Waals surface area contributed by atoms with Crippen LogP contribution in [0.2, 0.25) is 0 Å². The van der Waals surface area contributed by atoms with Crippen LogP contribution in [0.1, 0.15) is 22.5 Å². The van der Waals surface area contributed by atoms with Gasteiger partial charge in [-0.2, -0.15) is 5.10 Å². The number of anilines is 1. The van der Waals surface area contributed by atoms with Crippen LogP contribution in [0, 0.1) is 20.8 Å². The van der Waals surface area contributed by atoms with Gasteiger partial charge in [-0.3, -0.25) is 5.10 Å². The molecule has 0 saturated heterocycles. The average Bonchev–Trinajstić information content (AvgIpc) is 2.58. The second kappa shape index (κ2) is 4.35. The summed E-state index contributed by atoms with van der Waals surface area (Å²) in [7, 11) is 0. The molecule has 0 aliphatic carbocycles. The molecule has 0 aromatic carbocycles. The lowest BCUT2D eigenvalue weighted by Crippen LogP contribution is -2.04. The zero-order valence-corrected chi connectivity index (χ0v) is 9.83. The van der Waals surface area contributed by atoms with E-state index >= 15 is 0 Å². The minimum atomic E-state index is 0.756. The Bertz CT molecular complexity index is 468. The maximum Gasteiger partial charge on any atom is 0.129 e. The number of aromatic amines is 1. The Labute approximate surface area is 95.1 Å². The van der Waals surface area contributed by atoms with Gasteiger partial charge in [-0.05, 0) is 32.4 Å². The fourth-order valence-electron chi connectivity index (χ4n) is 1.68. The Hall–Kier alpha value is -1.84. The number of aromatic nitrogens is 3. The van der Waals surface area contributed by atoms with Crippen molar-refractivity contribution >= 4 is 5.82 Å². The number of H-pyrrole nitrogens is 1. The Morgan fingerprint density at radius 2 is 2.12 bits per heavy atom. The highest BCUT2D eigenvalue weighted by Crippen LogP contribution is 2.14. The molecule has 0 unspecified atom stereocenters. The molecule has 2 aromatic rings. The molecule has 2 aromatic heterocycles. The third-order valence-electron chi connectivity index (χ3n) is 2.72. The predicted octanol–water partition coefficient (Wildman–Crippen LogP) is 2.34. The van der Waals surface area contributed by atoms with Gasteiger partial charge in [0.1, 0.15) is 5.82 Å². The Morgan fingerprint density at radius 3 is 2.75 bits per heavy atom. The van der Waals surface area contributed by atoms with Gasteiger partial charge in [0.15, 0.2) is 0 Å². The molecule has 2 N–H and O–H groups in total. The molecule has 0 spiro atoms. The zero-order valence-electron chi connectivity index (χ0n) is 9.83. The van der Waals surface area contributed by atoms with Crippen LogP contribution in [0.5, 0.6) is 0 Å². The summed E-state index contributed by atoms with van der Waals surface area (Å²) in [6.45, 7) is 6.84. The fourth-order valence-corrected chi connectivity index (χ4v) is 1.68. The largest absolute Gasteiger partial charge is 0.366 e. The number of hydrogen-bond donors (Lipinski definition) is 2. The van der Waals surface area contributed by atoms with E-state index < -0.39 is 0 Å². The molecule has 0 amide bonds. The van der Waals surface area contributed by atoms with Gasteiger partial charge < -0.3 is 5.32 Å². The van der Waals surface area contributed by atoms with Gasteiger partial charge in [-0.1, -0.05) is 6.07 Å². The Morgan fingerprint density at radius 1 is 1.31 bits per heavy atom. The predicted molar refractivity (Wildman–Crippen MR) is 64.4 cm³/mol. The summed E-state index contributed by atoms with van der Waals surface area (Å²) >= 11 is 0. The minimum Gasteiger partial charge on any atom is -0.366 e. The maximum atomic E-state index is 4.30. The van der Waals surface area contributed by atoms with E-state index in [9.17, 15) is 0 Å². The van der Waals surface area contributed by atoms with Crippen molar-refractivity contribution in [3.05, 3.63) is 40.8 Å². The molecule has 2 rings (SSSR count). The van der Waals surface area contributed by atoms with E-state index in [1.165, 1.54) is 5.56 Å². The summed E-state index contributed by atoms with van der Waals surface area (Å²) in [6, 6.07) is 3.99. The number of aryl methyl sites for hydroxylation is 3. The fraction of sp³-hybridized carbons (Fsp3) is 0.333. The van der Waals surface area contributed by atoms with Crippen molar-refractivity contribution in [3.8, 4) is 0 Å². The van der Waals surface area contributed by atoms with Crippen molar-refractivity contribution in [2.24, 2.45) is 0 Å². The summed E-state index contributed by atoms with van der Waals surface area (Å²) in [6.07, 6.45) is 1.80. The van der Waals surface area contributed by atoms with E-state index in [1.54, 1.807) is 6.20 Å². The molecule has 0 aliphatic heterocycles. The van der Waals surface area contributed by atoms with Crippen molar-refractivity contribution in [2.45, 2.75) is 27.3 Å². The van der Waals surface area contributed by atoms with Crippen LogP contribution >= 0.6 is 0 Å². The Balaban J connectivity index is 2.11. The first-order chi connectivity index (χ1) is 7.68. The van der Waals surface area contributed by atoms with Crippen LogP contribution in [0.25, 0.3) is 0 Å². The first-order valence-corrected chi connectivity index (χ1v) is 5.34. The zero-order chi connectivity index (χ0) is 11.5. The highest BCUT2D eigenvalue weighted by molar-refractivity contribution is 5.43. The van der Waals surface area contributed by atoms with Gasteiger partial charge in [0, 0.05) is 24.0 Å². The molecule has 0 saturated carbocycles. The third-order valence-corrected chi connectivity index (χ3v) is 2.72. The van der Waals surface area contributed by atoms with E-state index in [-0.39, 0.29) is 0 Å². The van der Waals surface area contributed by atoms with Crippen molar-refractivity contribution in [1.82, 2.24) is 15.2 Å². The first-order valence-electron chi connectivity index (χ1n) is 5.34. The molecule has 0 bridgehead atoms. The molecular formula is C12H16N4. The molecular weight excluding hydrogens is 200 g/mol. The van der Waals surface area contributed by atoms with E-state index in [1.807, 2.05) is 32.9 Å². The van der Waals surface area contributed by atoms with Crippen molar-refractivity contribution in [2.75, 3.05) is 5.32 Å². The van der Waals surface area contributed by atoms with Gasteiger partial charge in [0.25, 0.3) is 0 Å². The number of nitrogens with one attached hydrogen (secondary N) is 2. The molecule has 4 nitrogen and oxygen atoms in total. The lowest BCUT2D eigenvalue weighted by molar-refractivity contribution is 1.02. The number of nitrogens with zero attached hydrogens (tertiary/aromatic N) is 2. The maximum absolute atomic E-state index is 4.30. The topological polar surface area (TPSA) is 53.6 Å². The van der Waals surface area contributed by atoms with Crippen LogP contribution in [-0.2, 0) is 6.54 Å². The molecule has 0 fully saturated rings. The lowest BCUT2D eigenvalue weighted by Gasteiger charge is -2.07. The molecule has 0 aliphatic rings. The van der Waals surface area contributed by atoms with E-state index in [2.05, 4.69) is 20.5 Å². The molecule has 0 radical (unpaired) electrons. The molecule has 4 heteroatoms. The second-order valence-corrected chi connectivity index (χ2v) is 3.94. The second-order valence-electron chi connectivity index (χ2n) is 3.94. The highest BCUT2D eigenvalue weighted by Gasteiger charge is 2.06. The summed E-state index contributed by atoms with van der Waals surface area (Å²) in [5.41, 5.74) is 4.52. The molecule has 2 heterocycles. The van der Waals surface area contributed by atoms with E-state index in [0.717, 1.165) is 29.3 Å². The van der Waals surface area contributed by atoms with Crippen molar-refractivity contribution in [1.29, 1.82) is 0 Å². The van der Waals surface area contributed by atoms with E-state index in [0.29, 0.717) is 0 Å². The summed E-state index contributed by atoms with van der Waals surface area (Å²) in [5, 5.41) is 10.5. The van der Waals surface area contributed by atoms with Crippen molar-refractivity contribution in [3.63, 3.8) is 0 Å². The van der Waals surface area contributed by atoms with Gasteiger partial charge in [0.2, 0.25) is 0 Å². The minimum absolute atomic E-state index is 0.756. The molecule has 16 heavy (non-hydrogen) atoms. The van der Waals surface area contributed by atoms with Crippen molar-refractivity contribution < 1.29 is 0 Å². The SMILES string of the molecule is Cc1cccnc1NCc1c(C)n[nH]c1C. The average molecular weight is 216 g/mol. The Kier molecular flexibility index (Phi) is 2.90. The molecule has 0 atom stereocenters. The molecule has 84 valence electrons. The number of pyridine rings is 1. The van der Waals surface area contributed by atoms with Crippen LogP contribution in [0.15, 0.2) is 18.3 Å².